The maximum absolute atomic E-state index is 11.2. The van der Waals surface area contributed by atoms with Gasteiger partial charge < -0.3 is 5.11 Å². The van der Waals surface area contributed by atoms with Gasteiger partial charge in [0.05, 0.1) is 0 Å². The number of carboxylic acid groups (broad SMARTS) is 1. The largest absolute Gasteiger partial charge is 0.480 e. The molecule has 0 aliphatic rings. The molecule has 1 rings (SSSR count). The lowest BCUT2D eigenvalue weighted by atomic mass is 10.0. The maximum atomic E-state index is 11.2. The van der Waals surface area contributed by atoms with E-state index in [1.807, 2.05) is 44.0 Å². The molecule has 1 aromatic carbocycles. The van der Waals surface area contributed by atoms with Crippen LogP contribution >= 0.6 is 0 Å². The Hall–Kier alpha value is -1.35. The first-order chi connectivity index (χ1) is 8.02. The summed E-state index contributed by atoms with van der Waals surface area (Å²) in [7, 11) is 1.88. The second-order valence-corrected chi connectivity index (χ2v) is 4.74. The summed E-state index contributed by atoms with van der Waals surface area (Å²) in [5.41, 5.74) is 1.24. The van der Waals surface area contributed by atoms with Crippen molar-refractivity contribution >= 4 is 5.97 Å². The van der Waals surface area contributed by atoms with Gasteiger partial charge in [-0.25, -0.2) is 0 Å². The highest BCUT2D eigenvalue weighted by molar-refractivity contribution is 5.73. The second kappa shape index (κ2) is 6.40. The van der Waals surface area contributed by atoms with Crippen LogP contribution in [0.2, 0.25) is 0 Å². The van der Waals surface area contributed by atoms with Crippen molar-refractivity contribution in [2.75, 3.05) is 13.6 Å². The van der Waals surface area contributed by atoms with Gasteiger partial charge in [0.1, 0.15) is 6.04 Å². The Labute approximate surface area is 103 Å². The number of benzene rings is 1. The Bertz CT molecular complexity index is 348. The first-order valence-corrected chi connectivity index (χ1v) is 5.99. The zero-order valence-corrected chi connectivity index (χ0v) is 10.8. The van der Waals surface area contributed by atoms with E-state index < -0.39 is 12.0 Å². The number of rotatable bonds is 6. The molecule has 0 fully saturated rings. The Morgan fingerprint density at radius 1 is 1.29 bits per heavy atom. The minimum Gasteiger partial charge on any atom is -0.480 e. The molecule has 0 bridgehead atoms. The summed E-state index contributed by atoms with van der Waals surface area (Å²) in [6.07, 6.45) is 0.883. The fourth-order valence-electron chi connectivity index (χ4n) is 2.07. The zero-order valence-electron chi connectivity index (χ0n) is 10.8. The van der Waals surface area contributed by atoms with Crippen molar-refractivity contribution in [2.45, 2.75) is 26.3 Å². The Morgan fingerprint density at radius 3 is 2.35 bits per heavy atom. The smallest absolute Gasteiger partial charge is 0.321 e. The van der Waals surface area contributed by atoms with E-state index in [0.717, 1.165) is 13.0 Å². The summed E-state index contributed by atoms with van der Waals surface area (Å²) >= 11 is 0. The monoisotopic (exact) mass is 235 g/mol. The van der Waals surface area contributed by atoms with Crippen LogP contribution in [0.1, 0.15) is 19.4 Å². The molecule has 0 saturated heterocycles. The van der Waals surface area contributed by atoms with E-state index >= 15 is 0 Å². The van der Waals surface area contributed by atoms with Crippen molar-refractivity contribution in [2.24, 2.45) is 5.92 Å². The van der Waals surface area contributed by atoms with Crippen LogP contribution in [0.25, 0.3) is 0 Å². The summed E-state index contributed by atoms with van der Waals surface area (Å²) in [5.74, 6) is -0.621. The average Bonchev–Trinajstić information content (AvgIpc) is 2.27. The van der Waals surface area contributed by atoms with Crippen molar-refractivity contribution in [3.8, 4) is 0 Å². The highest BCUT2D eigenvalue weighted by atomic mass is 16.4. The molecular weight excluding hydrogens is 214 g/mol. The van der Waals surface area contributed by atoms with Gasteiger partial charge >= 0.3 is 5.97 Å². The van der Waals surface area contributed by atoms with Gasteiger partial charge in [0.2, 0.25) is 0 Å². The third-order valence-corrected chi connectivity index (χ3v) is 2.96. The lowest BCUT2D eigenvalue weighted by molar-refractivity contribution is -0.144. The molecule has 1 N–H and O–H groups in total. The minimum atomic E-state index is -0.740. The first-order valence-electron chi connectivity index (χ1n) is 5.99. The second-order valence-electron chi connectivity index (χ2n) is 4.74. The van der Waals surface area contributed by atoms with Gasteiger partial charge in [-0.05, 0) is 24.9 Å². The van der Waals surface area contributed by atoms with E-state index in [0.29, 0.717) is 0 Å². The summed E-state index contributed by atoms with van der Waals surface area (Å²) in [6.45, 7) is 4.65. The Balaban J connectivity index is 2.53. The van der Waals surface area contributed by atoms with Crippen molar-refractivity contribution in [3.63, 3.8) is 0 Å². The average molecular weight is 235 g/mol. The lowest BCUT2D eigenvalue weighted by Gasteiger charge is -2.27. The van der Waals surface area contributed by atoms with Gasteiger partial charge in [0.25, 0.3) is 0 Å². The van der Waals surface area contributed by atoms with E-state index in [1.165, 1.54) is 5.56 Å². The number of hydrogen-bond donors (Lipinski definition) is 1. The third kappa shape index (κ3) is 4.19. The fraction of sp³-hybridized carbons (Fsp3) is 0.500. The minimum absolute atomic E-state index is 0.119. The summed E-state index contributed by atoms with van der Waals surface area (Å²) in [6, 6.07) is 9.73. The van der Waals surface area contributed by atoms with Crippen molar-refractivity contribution in [1.29, 1.82) is 0 Å². The zero-order chi connectivity index (χ0) is 12.8. The molecular formula is C14H21NO2. The summed E-state index contributed by atoms with van der Waals surface area (Å²) in [5, 5.41) is 9.17. The van der Waals surface area contributed by atoms with Gasteiger partial charge in [-0.2, -0.15) is 0 Å². The third-order valence-electron chi connectivity index (χ3n) is 2.96. The van der Waals surface area contributed by atoms with Gasteiger partial charge in [-0.3, -0.25) is 9.69 Å². The first kappa shape index (κ1) is 13.7. The SMILES string of the molecule is CC(C)C(C(=O)O)N(C)CCc1ccccc1. The van der Waals surface area contributed by atoms with Gasteiger partial charge in [-0.15, -0.1) is 0 Å². The van der Waals surface area contributed by atoms with Crippen LogP contribution in [-0.2, 0) is 11.2 Å². The lowest BCUT2D eigenvalue weighted by Crippen LogP contribution is -2.43. The molecule has 94 valence electrons. The van der Waals surface area contributed by atoms with Crippen LogP contribution < -0.4 is 0 Å². The predicted molar refractivity (Wildman–Crippen MR) is 69.0 cm³/mol. The van der Waals surface area contributed by atoms with Gasteiger partial charge in [0, 0.05) is 6.54 Å². The molecule has 1 aromatic rings. The number of nitrogens with zero attached hydrogens (tertiary/aromatic N) is 1. The standard InChI is InChI=1S/C14H21NO2/c1-11(2)13(14(16)17)15(3)10-9-12-7-5-4-6-8-12/h4-8,11,13H,9-10H2,1-3H3,(H,16,17). The molecule has 3 heteroatoms. The quantitative estimate of drug-likeness (QED) is 0.822. The van der Waals surface area contributed by atoms with E-state index in [1.54, 1.807) is 0 Å². The molecule has 1 atom stereocenters. The normalized spacial score (nSPS) is 13.0. The molecule has 17 heavy (non-hydrogen) atoms. The van der Waals surface area contributed by atoms with E-state index in [4.69, 9.17) is 5.11 Å². The number of hydrogen-bond acceptors (Lipinski definition) is 2. The van der Waals surface area contributed by atoms with E-state index in [-0.39, 0.29) is 5.92 Å². The maximum Gasteiger partial charge on any atom is 0.321 e. The number of carbonyl (C=O) groups is 1. The number of carboxylic acids is 1. The van der Waals surface area contributed by atoms with Gasteiger partial charge in [0.15, 0.2) is 0 Å². The van der Waals surface area contributed by atoms with Crippen LogP contribution in [-0.4, -0.2) is 35.6 Å². The molecule has 0 saturated carbocycles. The predicted octanol–water partition coefficient (Wildman–Crippen LogP) is 2.27. The fourth-order valence-corrected chi connectivity index (χ4v) is 2.07. The van der Waals surface area contributed by atoms with Crippen molar-refractivity contribution in [1.82, 2.24) is 4.90 Å². The molecule has 0 aromatic heterocycles. The Kier molecular flexibility index (Phi) is 5.16. The molecule has 3 nitrogen and oxygen atoms in total. The topological polar surface area (TPSA) is 40.5 Å². The molecule has 0 heterocycles. The molecule has 0 aliphatic carbocycles. The highest BCUT2D eigenvalue weighted by Gasteiger charge is 2.25. The van der Waals surface area contributed by atoms with Crippen LogP contribution in [0.3, 0.4) is 0 Å². The van der Waals surface area contributed by atoms with Crippen molar-refractivity contribution in [3.05, 3.63) is 35.9 Å². The number of aliphatic carboxylic acids is 1. The van der Waals surface area contributed by atoms with Crippen LogP contribution in [0.5, 0.6) is 0 Å². The van der Waals surface area contributed by atoms with Crippen molar-refractivity contribution < 1.29 is 9.90 Å². The summed E-state index contributed by atoms with van der Waals surface area (Å²) < 4.78 is 0. The van der Waals surface area contributed by atoms with E-state index in [2.05, 4.69) is 12.1 Å². The summed E-state index contributed by atoms with van der Waals surface area (Å²) in [4.78, 5) is 13.1. The number of likely N-dealkylation sites (N-methyl/N-ethyl adjacent to an activating group) is 1. The highest BCUT2D eigenvalue weighted by Crippen LogP contribution is 2.10. The van der Waals surface area contributed by atoms with Gasteiger partial charge in [-0.1, -0.05) is 44.2 Å². The molecule has 1 unspecified atom stereocenters. The van der Waals surface area contributed by atoms with E-state index in [9.17, 15) is 4.79 Å². The molecule has 0 amide bonds. The Morgan fingerprint density at radius 2 is 1.88 bits per heavy atom. The molecule has 0 aliphatic heterocycles. The van der Waals surface area contributed by atoms with Crippen LogP contribution in [0.15, 0.2) is 30.3 Å². The van der Waals surface area contributed by atoms with Crippen LogP contribution in [0.4, 0.5) is 0 Å². The van der Waals surface area contributed by atoms with Crippen LogP contribution in [0, 0.1) is 5.92 Å². The molecule has 0 spiro atoms. The molecule has 0 radical (unpaired) electrons.